The molecule has 0 saturated carbocycles. The molecule has 1 N–H and O–H groups in total. The van der Waals surface area contributed by atoms with Gasteiger partial charge in [-0.15, -0.1) is 0 Å². The lowest BCUT2D eigenvalue weighted by Crippen LogP contribution is -2.37. The Balaban J connectivity index is 2.05. The summed E-state index contributed by atoms with van der Waals surface area (Å²) in [4.78, 5) is 23.5. The van der Waals surface area contributed by atoms with Gasteiger partial charge in [0.15, 0.2) is 0 Å². The lowest BCUT2D eigenvalue weighted by Gasteiger charge is -2.19. The number of nitrogens with one attached hydrogen (secondary N) is 1. The van der Waals surface area contributed by atoms with Crippen LogP contribution in [0.25, 0.3) is 0 Å². The molecule has 1 fully saturated rings. The van der Waals surface area contributed by atoms with Gasteiger partial charge in [0, 0.05) is 11.3 Å². The van der Waals surface area contributed by atoms with Gasteiger partial charge in [-0.25, -0.2) is 0 Å². The van der Waals surface area contributed by atoms with Crippen LogP contribution < -0.4 is 5.32 Å². The largest absolute Gasteiger partial charge is 0.341 e. The normalized spacial score (nSPS) is 19.5. The van der Waals surface area contributed by atoms with Gasteiger partial charge in [-0.1, -0.05) is 44.7 Å². The first-order valence-corrected chi connectivity index (χ1v) is 7.44. The monoisotopic (exact) mass is 277 g/mol. The van der Waals surface area contributed by atoms with Gasteiger partial charge in [0.25, 0.3) is 5.91 Å². The summed E-state index contributed by atoms with van der Waals surface area (Å²) < 4.78 is 0. The molecule has 4 heteroatoms. The number of thioether (sulfide) groups is 1. The fourth-order valence-corrected chi connectivity index (χ4v) is 2.92. The Morgan fingerprint density at radius 3 is 2.37 bits per heavy atom. The molecule has 19 heavy (non-hydrogen) atoms. The van der Waals surface area contributed by atoms with Crippen LogP contribution in [-0.4, -0.2) is 22.8 Å². The molecule has 0 spiro atoms. The highest BCUT2D eigenvalue weighted by molar-refractivity contribution is 8.14. The van der Waals surface area contributed by atoms with Crippen molar-refractivity contribution in [3.8, 4) is 0 Å². The summed E-state index contributed by atoms with van der Waals surface area (Å²) in [5.74, 6) is 0.633. The molecule has 3 nitrogen and oxygen atoms in total. The fraction of sp³-hybridized carbons (Fsp3) is 0.467. The molecule has 1 amide bonds. The molecule has 1 saturated heterocycles. The molecule has 0 unspecified atom stereocenters. The summed E-state index contributed by atoms with van der Waals surface area (Å²) in [6.45, 7) is 6.41. The number of rotatable bonds is 2. The third-order valence-corrected chi connectivity index (χ3v) is 4.26. The van der Waals surface area contributed by atoms with Gasteiger partial charge in [-0.2, -0.15) is 0 Å². The molecule has 1 aromatic carbocycles. The van der Waals surface area contributed by atoms with Crippen molar-refractivity contribution in [2.45, 2.75) is 38.6 Å². The van der Waals surface area contributed by atoms with Gasteiger partial charge in [-0.05, 0) is 29.5 Å². The third kappa shape index (κ3) is 3.38. The minimum absolute atomic E-state index is 0.0691. The molecular formula is C15H19NO2S. The summed E-state index contributed by atoms with van der Waals surface area (Å²) in [5, 5.41) is 2.86. The lowest BCUT2D eigenvalue weighted by atomic mass is 9.86. The molecule has 0 aliphatic carbocycles. The van der Waals surface area contributed by atoms with Crippen LogP contribution in [0.4, 0.5) is 0 Å². The average Bonchev–Trinajstić information content (AvgIpc) is 2.74. The van der Waals surface area contributed by atoms with Crippen molar-refractivity contribution in [2.75, 3.05) is 5.75 Å². The number of benzene rings is 1. The van der Waals surface area contributed by atoms with E-state index in [-0.39, 0.29) is 22.5 Å². The van der Waals surface area contributed by atoms with E-state index >= 15 is 0 Å². The van der Waals surface area contributed by atoms with Crippen molar-refractivity contribution < 1.29 is 9.59 Å². The smallest absolute Gasteiger partial charge is 0.251 e. The van der Waals surface area contributed by atoms with E-state index in [4.69, 9.17) is 0 Å². The SMILES string of the molecule is CC(C)(C)c1ccc(C(=O)N[C@@H]2CCSC2=O)cc1. The molecule has 1 atom stereocenters. The van der Waals surface area contributed by atoms with Crippen LogP contribution in [0.3, 0.4) is 0 Å². The molecule has 0 bridgehead atoms. The molecule has 1 aliphatic rings. The van der Waals surface area contributed by atoms with Crippen LogP contribution >= 0.6 is 11.8 Å². The predicted molar refractivity (Wildman–Crippen MR) is 78.5 cm³/mol. The zero-order valence-corrected chi connectivity index (χ0v) is 12.3. The van der Waals surface area contributed by atoms with Crippen LogP contribution in [0, 0.1) is 0 Å². The fourth-order valence-electron chi connectivity index (χ4n) is 1.99. The Hall–Kier alpha value is -1.29. The summed E-state index contributed by atoms with van der Waals surface area (Å²) in [5.41, 5.74) is 1.88. The van der Waals surface area contributed by atoms with Crippen LogP contribution in [-0.2, 0) is 10.2 Å². The van der Waals surface area contributed by atoms with Gasteiger partial charge in [0.2, 0.25) is 5.12 Å². The van der Waals surface area contributed by atoms with Gasteiger partial charge in [0.05, 0.1) is 6.04 Å². The first-order valence-electron chi connectivity index (χ1n) is 6.46. The van der Waals surface area contributed by atoms with E-state index in [0.29, 0.717) is 5.56 Å². The van der Waals surface area contributed by atoms with E-state index in [0.717, 1.165) is 12.2 Å². The Morgan fingerprint density at radius 1 is 1.26 bits per heavy atom. The van der Waals surface area contributed by atoms with E-state index in [1.165, 1.54) is 17.3 Å². The maximum absolute atomic E-state index is 12.0. The quantitative estimate of drug-likeness (QED) is 0.904. The first-order chi connectivity index (χ1) is 8.88. The number of hydrogen-bond donors (Lipinski definition) is 1. The molecule has 1 aliphatic heterocycles. The highest BCUT2D eigenvalue weighted by atomic mass is 32.2. The summed E-state index contributed by atoms with van der Waals surface area (Å²) in [7, 11) is 0. The van der Waals surface area contributed by atoms with Crippen molar-refractivity contribution in [1.82, 2.24) is 5.32 Å². The van der Waals surface area contributed by atoms with E-state index in [9.17, 15) is 9.59 Å². The first kappa shape index (κ1) is 14.1. The van der Waals surface area contributed by atoms with E-state index in [1.54, 1.807) is 0 Å². The molecule has 2 rings (SSSR count). The Labute approximate surface area is 118 Å². The molecule has 0 radical (unpaired) electrons. The van der Waals surface area contributed by atoms with E-state index in [2.05, 4.69) is 26.1 Å². The Morgan fingerprint density at radius 2 is 1.89 bits per heavy atom. The van der Waals surface area contributed by atoms with Crippen molar-refractivity contribution in [3.63, 3.8) is 0 Å². The molecule has 102 valence electrons. The van der Waals surface area contributed by atoms with Crippen molar-refractivity contribution >= 4 is 22.8 Å². The highest BCUT2D eigenvalue weighted by Gasteiger charge is 2.27. The standard InChI is InChI=1S/C15H19NO2S/c1-15(2,3)11-6-4-10(5-7-11)13(17)16-12-8-9-19-14(12)18/h4-7,12H,8-9H2,1-3H3,(H,16,17)/t12-/m1/s1. The Bertz CT molecular complexity index is 488. The van der Waals surface area contributed by atoms with Crippen LogP contribution in [0.5, 0.6) is 0 Å². The minimum atomic E-state index is -0.320. The van der Waals surface area contributed by atoms with E-state index in [1.807, 2.05) is 24.3 Å². The Kier molecular flexibility index (Phi) is 3.99. The van der Waals surface area contributed by atoms with Crippen molar-refractivity contribution in [1.29, 1.82) is 0 Å². The van der Waals surface area contributed by atoms with Gasteiger partial charge in [-0.3, -0.25) is 9.59 Å². The van der Waals surface area contributed by atoms with Gasteiger partial charge < -0.3 is 5.32 Å². The summed E-state index contributed by atoms with van der Waals surface area (Å²) in [6, 6.07) is 7.27. The second-order valence-electron chi connectivity index (χ2n) is 5.81. The average molecular weight is 277 g/mol. The maximum atomic E-state index is 12.0. The van der Waals surface area contributed by atoms with Crippen LogP contribution in [0.15, 0.2) is 24.3 Å². The number of carbonyl (C=O) groups is 2. The number of amides is 1. The minimum Gasteiger partial charge on any atom is -0.341 e. The van der Waals surface area contributed by atoms with Gasteiger partial charge in [0.1, 0.15) is 0 Å². The molecule has 1 aromatic rings. The highest BCUT2D eigenvalue weighted by Crippen LogP contribution is 2.23. The van der Waals surface area contributed by atoms with E-state index < -0.39 is 0 Å². The second kappa shape index (κ2) is 5.37. The lowest BCUT2D eigenvalue weighted by molar-refractivity contribution is -0.112. The number of hydrogen-bond acceptors (Lipinski definition) is 3. The van der Waals surface area contributed by atoms with Gasteiger partial charge >= 0.3 is 0 Å². The molecular weight excluding hydrogens is 258 g/mol. The topological polar surface area (TPSA) is 46.2 Å². The zero-order chi connectivity index (χ0) is 14.0. The third-order valence-electron chi connectivity index (χ3n) is 3.25. The molecule has 1 heterocycles. The van der Waals surface area contributed by atoms with Crippen molar-refractivity contribution in [3.05, 3.63) is 35.4 Å². The summed E-state index contributed by atoms with van der Waals surface area (Å²) in [6.07, 6.45) is 0.731. The number of carbonyl (C=O) groups excluding carboxylic acids is 2. The summed E-state index contributed by atoms with van der Waals surface area (Å²) >= 11 is 1.29. The second-order valence-corrected chi connectivity index (χ2v) is 6.91. The van der Waals surface area contributed by atoms with Crippen molar-refractivity contribution in [2.24, 2.45) is 0 Å². The predicted octanol–water partition coefficient (Wildman–Crippen LogP) is 2.75. The van der Waals surface area contributed by atoms with Crippen LogP contribution in [0.2, 0.25) is 0 Å². The maximum Gasteiger partial charge on any atom is 0.251 e. The molecule has 0 aromatic heterocycles. The zero-order valence-electron chi connectivity index (χ0n) is 11.5. The van der Waals surface area contributed by atoms with Crippen LogP contribution in [0.1, 0.15) is 43.1 Å².